The number of carbonyl (C=O) groups excluding carboxylic acids is 1. The molecule has 0 aliphatic carbocycles. The average molecular weight is 324 g/mol. The van der Waals surface area contributed by atoms with Crippen LogP contribution in [0.1, 0.15) is 42.4 Å². The van der Waals surface area contributed by atoms with E-state index in [1.54, 1.807) is 24.3 Å². The van der Waals surface area contributed by atoms with Crippen molar-refractivity contribution in [2.45, 2.75) is 33.2 Å². The minimum absolute atomic E-state index is 0.0736. The largest absolute Gasteiger partial charge is 0.360 e. The normalized spacial score (nSPS) is 12.3. The van der Waals surface area contributed by atoms with Gasteiger partial charge in [0.2, 0.25) is 5.43 Å². The molecule has 0 bridgehead atoms. The van der Waals surface area contributed by atoms with Gasteiger partial charge in [0.05, 0.1) is 0 Å². The molecule has 2 aromatic heterocycles. The van der Waals surface area contributed by atoms with Crippen molar-refractivity contribution in [3.05, 3.63) is 58.0 Å². The standard InChI is InChI=1S/C18H20N4O2/c1-4-11(2)22-12(3)9-16(21-22)20-18(24)14-10-19-15-8-6-5-7-13(15)17(14)23/h5-11H,4H2,1-3H3,(H,19,23)(H,20,21,24)/t11-/m0/s1. The summed E-state index contributed by atoms with van der Waals surface area (Å²) in [5.41, 5.74) is 1.45. The minimum Gasteiger partial charge on any atom is -0.360 e. The van der Waals surface area contributed by atoms with E-state index in [0.717, 1.165) is 12.1 Å². The zero-order valence-corrected chi connectivity index (χ0v) is 14.0. The molecule has 0 spiro atoms. The molecule has 2 N–H and O–H groups in total. The predicted octanol–water partition coefficient (Wildman–Crippen LogP) is 3.26. The third-order valence-electron chi connectivity index (χ3n) is 4.21. The number of anilines is 1. The highest BCUT2D eigenvalue weighted by molar-refractivity contribution is 6.05. The second-order valence-electron chi connectivity index (χ2n) is 5.90. The number of hydrogen-bond donors (Lipinski definition) is 2. The van der Waals surface area contributed by atoms with E-state index in [2.05, 4.69) is 29.2 Å². The van der Waals surface area contributed by atoms with Crippen LogP contribution in [0.3, 0.4) is 0 Å². The molecule has 124 valence electrons. The van der Waals surface area contributed by atoms with E-state index >= 15 is 0 Å². The molecule has 6 heteroatoms. The molecule has 3 rings (SSSR count). The van der Waals surface area contributed by atoms with Crippen molar-refractivity contribution >= 4 is 22.6 Å². The highest BCUT2D eigenvalue weighted by atomic mass is 16.2. The van der Waals surface area contributed by atoms with Gasteiger partial charge in [-0.2, -0.15) is 5.10 Å². The van der Waals surface area contributed by atoms with E-state index in [-0.39, 0.29) is 17.0 Å². The molecule has 1 atom stereocenters. The summed E-state index contributed by atoms with van der Waals surface area (Å²) in [7, 11) is 0. The van der Waals surface area contributed by atoms with Crippen LogP contribution in [0.25, 0.3) is 10.9 Å². The SMILES string of the molecule is CC[C@H](C)n1nc(NC(=O)c2c[nH]c3ccccc3c2=O)cc1C. The molecule has 24 heavy (non-hydrogen) atoms. The van der Waals surface area contributed by atoms with Crippen molar-refractivity contribution in [2.75, 3.05) is 5.32 Å². The Morgan fingerprint density at radius 3 is 2.88 bits per heavy atom. The second-order valence-corrected chi connectivity index (χ2v) is 5.90. The van der Waals surface area contributed by atoms with E-state index in [4.69, 9.17) is 0 Å². The summed E-state index contributed by atoms with van der Waals surface area (Å²) in [6.07, 6.45) is 2.39. The summed E-state index contributed by atoms with van der Waals surface area (Å²) in [5, 5.41) is 7.62. The van der Waals surface area contributed by atoms with Gasteiger partial charge in [-0.05, 0) is 32.4 Å². The number of benzene rings is 1. The Kier molecular flexibility index (Phi) is 4.20. The number of para-hydroxylation sites is 1. The van der Waals surface area contributed by atoms with Crippen LogP contribution >= 0.6 is 0 Å². The third-order valence-corrected chi connectivity index (χ3v) is 4.21. The molecule has 0 radical (unpaired) electrons. The second kappa shape index (κ2) is 6.31. The Balaban J connectivity index is 1.91. The Bertz CT molecular complexity index is 955. The van der Waals surface area contributed by atoms with Crippen molar-refractivity contribution in [1.82, 2.24) is 14.8 Å². The maximum Gasteiger partial charge on any atom is 0.262 e. The number of aromatic nitrogens is 3. The summed E-state index contributed by atoms with van der Waals surface area (Å²) in [6.45, 7) is 6.09. The van der Waals surface area contributed by atoms with Gasteiger partial charge in [-0.15, -0.1) is 0 Å². The van der Waals surface area contributed by atoms with E-state index in [9.17, 15) is 9.59 Å². The van der Waals surface area contributed by atoms with Crippen molar-refractivity contribution in [3.63, 3.8) is 0 Å². The number of rotatable bonds is 4. The number of H-pyrrole nitrogens is 1. The van der Waals surface area contributed by atoms with E-state index in [1.807, 2.05) is 17.7 Å². The number of hydrogen-bond acceptors (Lipinski definition) is 3. The number of carbonyl (C=O) groups is 1. The number of pyridine rings is 1. The van der Waals surface area contributed by atoms with E-state index in [1.165, 1.54) is 6.20 Å². The number of nitrogens with one attached hydrogen (secondary N) is 2. The fourth-order valence-electron chi connectivity index (χ4n) is 2.69. The van der Waals surface area contributed by atoms with Crippen LogP contribution in [0.4, 0.5) is 5.82 Å². The van der Waals surface area contributed by atoms with Gasteiger partial charge in [0, 0.05) is 34.9 Å². The van der Waals surface area contributed by atoms with Crippen LogP contribution in [-0.2, 0) is 0 Å². The lowest BCUT2D eigenvalue weighted by Crippen LogP contribution is -2.22. The lowest BCUT2D eigenvalue weighted by molar-refractivity contribution is 0.102. The van der Waals surface area contributed by atoms with Crippen molar-refractivity contribution in [2.24, 2.45) is 0 Å². The molecule has 0 saturated heterocycles. The summed E-state index contributed by atoms with van der Waals surface area (Å²) in [4.78, 5) is 27.9. The molecule has 1 amide bonds. The van der Waals surface area contributed by atoms with Gasteiger partial charge in [0.25, 0.3) is 5.91 Å². The topological polar surface area (TPSA) is 79.8 Å². The third kappa shape index (κ3) is 2.82. The molecule has 2 heterocycles. The molecule has 0 unspecified atom stereocenters. The van der Waals surface area contributed by atoms with Crippen LogP contribution in [0.5, 0.6) is 0 Å². The number of aryl methyl sites for hydroxylation is 1. The van der Waals surface area contributed by atoms with Gasteiger partial charge in [-0.1, -0.05) is 19.1 Å². The average Bonchev–Trinajstić information content (AvgIpc) is 2.95. The summed E-state index contributed by atoms with van der Waals surface area (Å²) in [6, 6.07) is 9.17. The Hall–Kier alpha value is -2.89. The summed E-state index contributed by atoms with van der Waals surface area (Å²) in [5.74, 6) is -0.0128. The smallest absolute Gasteiger partial charge is 0.262 e. The summed E-state index contributed by atoms with van der Waals surface area (Å²) < 4.78 is 1.88. The first kappa shape index (κ1) is 16.0. The van der Waals surface area contributed by atoms with E-state index < -0.39 is 5.91 Å². The van der Waals surface area contributed by atoms with Crippen molar-refractivity contribution < 1.29 is 4.79 Å². The highest BCUT2D eigenvalue weighted by Gasteiger charge is 2.16. The Morgan fingerprint density at radius 1 is 1.38 bits per heavy atom. The van der Waals surface area contributed by atoms with Crippen LogP contribution in [-0.4, -0.2) is 20.7 Å². The quantitative estimate of drug-likeness (QED) is 0.773. The van der Waals surface area contributed by atoms with Gasteiger partial charge in [0.15, 0.2) is 5.82 Å². The molecule has 0 saturated carbocycles. The zero-order valence-electron chi connectivity index (χ0n) is 14.0. The van der Waals surface area contributed by atoms with Crippen molar-refractivity contribution in [3.8, 4) is 0 Å². The Morgan fingerprint density at radius 2 is 2.12 bits per heavy atom. The van der Waals surface area contributed by atoms with Gasteiger partial charge in [0.1, 0.15) is 5.56 Å². The zero-order chi connectivity index (χ0) is 17.3. The highest BCUT2D eigenvalue weighted by Crippen LogP contribution is 2.17. The molecule has 3 aromatic rings. The molecule has 0 aliphatic rings. The minimum atomic E-state index is -0.462. The van der Waals surface area contributed by atoms with Gasteiger partial charge in [-0.25, -0.2) is 0 Å². The van der Waals surface area contributed by atoms with Crippen LogP contribution in [0, 0.1) is 6.92 Å². The number of fused-ring (bicyclic) bond motifs is 1. The maximum absolute atomic E-state index is 12.5. The number of aromatic amines is 1. The Labute approximate surface area is 139 Å². The van der Waals surface area contributed by atoms with Crippen molar-refractivity contribution in [1.29, 1.82) is 0 Å². The predicted molar refractivity (Wildman–Crippen MR) is 94.5 cm³/mol. The molecule has 6 nitrogen and oxygen atoms in total. The molecular weight excluding hydrogens is 304 g/mol. The first-order chi connectivity index (χ1) is 11.5. The molecule has 0 fully saturated rings. The maximum atomic E-state index is 12.5. The molecule has 1 aromatic carbocycles. The fraction of sp³-hybridized carbons (Fsp3) is 0.278. The monoisotopic (exact) mass is 324 g/mol. The van der Waals surface area contributed by atoms with Crippen LogP contribution in [0.2, 0.25) is 0 Å². The van der Waals surface area contributed by atoms with E-state index in [0.29, 0.717) is 16.7 Å². The van der Waals surface area contributed by atoms with Crippen LogP contribution in [0.15, 0.2) is 41.3 Å². The lowest BCUT2D eigenvalue weighted by Gasteiger charge is -2.10. The van der Waals surface area contributed by atoms with Gasteiger partial charge < -0.3 is 10.3 Å². The summed E-state index contributed by atoms with van der Waals surface area (Å²) >= 11 is 0. The van der Waals surface area contributed by atoms with Gasteiger partial charge >= 0.3 is 0 Å². The van der Waals surface area contributed by atoms with Crippen LogP contribution < -0.4 is 10.7 Å². The first-order valence-corrected chi connectivity index (χ1v) is 7.99. The molecular formula is C18H20N4O2. The van der Waals surface area contributed by atoms with Gasteiger partial charge in [-0.3, -0.25) is 14.3 Å². The number of amides is 1. The fourth-order valence-corrected chi connectivity index (χ4v) is 2.69. The molecule has 0 aliphatic heterocycles. The lowest BCUT2D eigenvalue weighted by atomic mass is 10.1. The first-order valence-electron chi connectivity index (χ1n) is 7.99. The number of nitrogens with zero attached hydrogens (tertiary/aromatic N) is 2.